The molecule has 2 aliphatic heterocycles. The Bertz CT molecular complexity index is 415. The van der Waals surface area contributed by atoms with Crippen molar-refractivity contribution in [1.82, 2.24) is 9.78 Å². The summed E-state index contributed by atoms with van der Waals surface area (Å²) in [5, 5.41) is 2.91. The summed E-state index contributed by atoms with van der Waals surface area (Å²) in [4.78, 5) is 11.6. The van der Waals surface area contributed by atoms with Crippen molar-refractivity contribution in [2.75, 3.05) is 13.2 Å². The van der Waals surface area contributed by atoms with Gasteiger partial charge in [-0.15, -0.1) is 0 Å². The van der Waals surface area contributed by atoms with Gasteiger partial charge in [-0.05, 0) is 12.8 Å². The SMILES string of the molecule is O=c1[nH]n(C2CCOCC2)c2c1COC2. The number of fused-ring (bicyclic) bond motifs is 1. The summed E-state index contributed by atoms with van der Waals surface area (Å²) >= 11 is 0. The summed E-state index contributed by atoms with van der Waals surface area (Å²) in [5.74, 6) is 0. The van der Waals surface area contributed by atoms with Gasteiger partial charge in [0.2, 0.25) is 0 Å². The zero-order valence-electron chi connectivity index (χ0n) is 8.49. The van der Waals surface area contributed by atoms with Crippen molar-refractivity contribution < 1.29 is 9.47 Å². The maximum absolute atomic E-state index is 11.6. The van der Waals surface area contributed by atoms with E-state index in [0.29, 0.717) is 19.3 Å². The fourth-order valence-electron chi connectivity index (χ4n) is 2.33. The van der Waals surface area contributed by atoms with Gasteiger partial charge in [0, 0.05) is 13.2 Å². The van der Waals surface area contributed by atoms with E-state index < -0.39 is 0 Å². The number of aromatic nitrogens is 2. The molecule has 82 valence electrons. The van der Waals surface area contributed by atoms with Gasteiger partial charge >= 0.3 is 0 Å². The maximum Gasteiger partial charge on any atom is 0.269 e. The second-order valence-corrected chi connectivity index (χ2v) is 4.07. The van der Waals surface area contributed by atoms with Crippen LogP contribution < -0.4 is 5.56 Å². The van der Waals surface area contributed by atoms with Gasteiger partial charge in [-0.25, -0.2) is 0 Å². The fourth-order valence-corrected chi connectivity index (χ4v) is 2.33. The van der Waals surface area contributed by atoms with Crippen molar-refractivity contribution in [2.45, 2.75) is 32.1 Å². The summed E-state index contributed by atoms with van der Waals surface area (Å²) in [6, 6.07) is 0.372. The minimum absolute atomic E-state index is 0.00833. The highest BCUT2D eigenvalue weighted by Crippen LogP contribution is 2.25. The third-order valence-corrected chi connectivity index (χ3v) is 3.18. The number of ether oxygens (including phenoxy) is 2. The van der Waals surface area contributed by atoms with Gasteiger partial charge < -0.3 is 9.47 Å². The lowest BCUT2D eigenvalue weighted by Crippen LogP contribution is -2.23. The largest absolute Gasteiger partial charge is 0.381 e. The first-order valence-corrected chi connectivity index (χ1v) is 5.34. The molecule has 0 aromatic carbocycles. The van der Waals surface area contributed by atoms with Crippen molar-refractivity contribution in [1.29, 1.82) is 0 Å². The monoisotopic (exact) mass is 210 g/mol. The van der Waals surface area contributed by atoms with Gasteiger partial charge in [-0.2, -0.15) is 0 Å². The van der Waals surface area contributed by atoms with Gasteiger partial charge in [0.15, 0.2) is 0 Å². The lowest BCUT2D eigenvalue weighted by Gasteiger charge is -2.24. The van der Waals surface area contributed by atoms with Crippen LogP contribution in [0.25, 0.3) is 0 Å². The molecule has 0 saturated carbocycles. The van der Waals surface area contributed by atoms with E-state index in [1.54, 1.807) is 0 Å². The zero-order valence-corrected chi connectivity index (χ0v) is 8.49. The highest BCUT2D eigenvalue weighted by atomic mass is 16.5. The minimum atomic E-state index is 0.00833. The topological polar surface area (TPSA) is 56.2 Å². The Hall–Kier alpha value is -1.07. The molecule has 1 aromatic heterocycles. The predicted octanol–water partition coefficient (Wildman–Crippen LogP) is 0.558. The van der Waals surface area contributed by atoms with Crippen molar-refractivity contribution in [3.63, 3.8) is 0 Å². The molecule has 5 nitrogen and oxygen atoms in total. The Morgan fingerprint density at radius 2 is 2.00 bits per heavy atom. The Kier molecular flexibility index (Phi) is 2.14. The van der Waals surface area contributed by atoms with E-state index in [4.69, 9.17) is 9.47 Å². The molecular weight excluding hydrogens is 196 g/mol. The van der Waals surface area contributed by atoms with Crippen LogP contribution in [0.5, 0.6) is 0 Å². The average molecular weight is 210 g/mol. The number of hydrogen-bond donors (Lipinski definition) is 1. The predicted molar refractivity (Wildman–Crippen MR) is 52.6 cm³/mol. The lowest BCUT2D eigenvalue weighted by molar-refractivity contribution is 0.0626. The summed E-state index contributed by atoms with van der Waals surface area (Å²) in [6.45, 7) is 2.58. The highest BCUT2D eigenvalue weighted by molar-refractivity contribution is 5.20. The number of nitrogens with one attached hydrogen (secondary N) is 1. The number of H-pyrrole nitrogens is 1. The second-order valence-electron chi connectivity index (χ2n) is 4.07. The third-order valence-electron chi connectivity index (χ3n) is 3.18. The second kappa shape index (κ2) is 3.50. The van der Waals surface area contributed by atoms with E-state index in [-0.39, 0.29) is 5.56 Å². The fraction of sp³-hybridized carbons (Fsp3) is 0.700. The van der Waals surface area contributed by atoms with Crippen LogP contribution in [0.1, 0.15) is 30.1 Å². The maximum atomic E-state index is 11.6. The number of nitrogens with zero attached hydrogens (tertiary/aromatic N) is 1. The van der Waals surface area contributed by atoms with Crippen LogP contribution in [0.2, 0.25) is 0 Å². The normalized spacial score (nSPS) is 21.9. The molecule has 3 rings (SSSR count). The van der Waals surface area contributed by atoms with Crippen molar-refractivity contribution >= 4 is 0 Å². The molecule has 1 saturated heterocycles. The Morgan fingerprint density at radius 3 is 2.80 bits per heavy atom. The standard InChI is InChI=1S/C10H14N2O3/c13-10-8-5-15-6-9(8)12(11-10)7-1-3-14-4-2-7/h7H,1-6H2,(H,11,13). The molecule has 0 radical (unpaired) electrons. The minimum Gasteiger partial charge on any atom is -0.381 e. The Balaban J connectivity index is 1.97. The smallest absolute Gasteiger partial charge is 0.269 e. The van der Waals surface area contributed by atoms with Gasteiger partial charge in [-0.1, -0.05) is 0 Å². The molecule has 0 spiro atoms. The molecule has 0 aliphatic carbocycles. The van der Waals surface area contributed by atoms with Gasteiger partial charge in [0.05, 0.1) is 30.5 Å². The van der Waals surface area contributed by atoms with E-state index in [2.05, 4.69) is 5.10 Å². The van der Waals surface area contributed by atoms with Crippen LogP contribution >= 0.6 is 0 Å². The molecule has 2 aliphatic rings. The zero-order chi connectivity index (χ0) is 10.3. The molecule has 0 atom stereocenters. The van der Waals surface area contributed by atoms with Crippen LogP contribution in [0.4, 0.5) is 0 Å². The van der Waals surface area contributed by atoms with E-state index in [9.17, 15) is 4.79 Å². The number of hydrogen-bond acceptors (Lipinski definition) is 3. The summed E-state index contributed by atoms with van der Waals surface area (Å²) < 4.78 is 12.6. The summed E-state index contributed by atoms with van der Waals surface area (Å²) in [6.07, 6.45) is 1.94. The van der Waals surface area contributed by atoms with E-state index in [1.165, 1.54) is 0 Å². The molecule has 1 N–H and O–H groups in total. The lowest BCUT2D eigenvalue weighted by atomic mass is 10.1. The van der Waals surface area contributed by atoms with Crippen molar-refractivity contribution in [2.24, 2.45) is 0 Å². The number of rotatable bonds is 1. The van der Waals surface area contributed by atoms with Gasteiger partial charge in [-0.3, -0.25) is 14.6 Å². The van der Waals surface area contributed by atoms with Crippen LogP contribution in [0, 0.1) is 0 Å². The van der Waals surface area contributed by atoms with Crippen LogP contribution in [-0.2, 0) is 22.7 Å². The summed E-state index contributed by atoms with van der Waals surface area (Å²) in [7, 11) is 0. The quantitative estimate of drug-likeness (QED) is 0.736. The van der Waals surface area contributed by atoms with Crippen molar-refractivity contribution in [3.8, 4) is 0 Å². The number of aromatic amines is 1. The first-order valence-electron chi connectivity index (χ1n) is 5.34. The molecule has 0 amide bonds. The molecule has 1 fully saturated rings. The average Bonchev–Trinajstić information content (AvgIpc) is 2.84. The molecule has 1 aromatic rings. The molecule has 5 heteroatoms. The van der Waals surface area contributed by atoms with E-state index in [0.717, 1.165) is 37.3 Å². The third kappa shape index (κ3) is 1.42. The van der Waals surface area contributed by atoms with E-state index >= 15 is 0 Å². The molecular formula is C10H14N2O3. The first kappa shape index (κ1) is 9.18. The molecule has 3 heterocycles. The molecule has 15 heavy (non-hydrogen) atoms. The first-order chi connectivity index (χ1) is 7.36. The highest BCUT2D eigenvalue weighted by Gasteiger charge is 2.25. The Labute approximate surface area is 87.0 Å². The molecule has 0 bridgehead atoms. The van der Waals surface area contributed by atoms with Gasteiger partial charge in [0.1, 0.15) is 0 Å². The molecule has 0 unspecified atom stereocenters. The Morgan fingerprint density at radius 1 is 1.20 bits per heavy atom. The van der Waals surface area contributed by atoms with Crippen LogP contribution in [-0.4, -0.2) is 23.0 Å². The van der Waals surface area contributed by atoms with Crippen LogP contribution in [0.3, 0.4) is 0 Å². The van der Waals surface area contributed by atoms with Crippen molar-refractivity contribution in [3.05, 3.63) is 21.6 Å². The van der Waals surface area contributed by atoms with Crippen LogP contribution in [0.15, 0.2) is 4.79 Å². The summed E-state index contributed by atoms with van der Waals surface area (Å²) in [5.41, 5.74) is 1.85. The van der Waals surface area contributed by atoms with E-state index in [1.807, 2.05) is 4.68 Å². The van der Waals surface area contributed by atoms with Gasteiger partial charge in [0.25, 0.3) is 5.56 Å².